The molecule has 0 aromatic carbocycles. The van der Waals surface area contributed by atoms with Crippen LogP contribution in [0, 0.1) is 0 Å². The highest BCUT2D eigenvalue weighted by Crippen LogP contribution is 2.39. The topological polar surface area (TPSA) is 141 Å². The number of H-pyrrole nitrogens is 1. The number of fused-ring (bicyclic) bond motifs is 1. The van der Waals surface area contributed by atoms with Gasteiger partial charge in [-0.05, 0) is 18.9 Å². The van der Waals surface area contributed by atoms with E-state index in [-0.39, 0.29) is 18.0 Å². The third-order valence-corrected chi connectivity index (χ3v) is 7.51. The lowest BCUT2D eigenvalue weighted by molar-refractivity contribution is 0.0261. The summed E-state index contributed by atoms with van der Waals surface area (Å²) in [5, 5.41) is 11.4. The van der Waals surface area contributed by atoms with Crippen LogP contribution in [0.5, 0.6) is 5.75 Å². The Morgan fingerprint density at radius 2 is 1.97 bits per heavy atom. The quantitative estimate of drug-likeness (QED) is 0.581. The zero-order chi connectivity index (χ0) is 22.3. The smallest absolute Gasteiger partial charge is 0.240 e. The zero-order valence-corrected chi connectivity index (χ0v) is 18.7. The van der Waals surface area contributed by atoms with Crippen molar-refractivity contribution in [1.82, 2.24) is 29.1 Å². The Labute approximate surface area is 186 Å². The van der Waals surface area contributed by atoms with Crippen molar-refractivity contribution in [2.75, 3.05) is 38.3 Å². The number of hydrogen-bond donors (Lipinski definition) is 2. The monoisotopic (exact) mass is 461 g/mol. The molecule has 0 aliphatic carbocycles. The van der Waals surface area contributed by atoms with Gasteiger partial charge in [-0.1, -0.05) is 0 Å². The maximum atomic E-state index is 11.9. The first kappa shape index (κ1) is 21.2. The average Bonchev–Trinajstić information content (AvgIpc) is 3.44. The fourth-order valence-corrected chi connectivity index (χ4v) is 5.39. The summed E-state index contributed by atoms with van der Waals surface area (Å²) < 4.78 is 39.1. The van der Waals surface area contributed by atoms with Crippen molar-refractivity contribution < 1.29 is 17.9 Å². The van der Waals surface area contributed by atoms with Gasteiger partial charge in [0, 0.05) is 54.9 Å². The van der Waals surface area contributed by atoms with Crippen LogP contribution in [0.3, 0.4) is 0 Å². The predicted octanol–water partition coefficient (Wildman–Crippen LogP) is 1.40. The number of nitrogens with zero attached hydrogens (tertiary/aromatic N) is 5. The molecule has 0 atom stereocenters. The van der Waals surface area contributed by atoms with E-state index in [1.54, 1.807) is 10.7 Å². The predicted molar refractivity (Wildman–Crippen MR) is 118 cm³/mol. The largest absolute Gasteiger partial charge is 0.486 e. The lowest BCUT2D eigenvalue weighted by Crippen LogP contribution is -2.37. The third kappa shape index (κ3) is 4.05. The van der Waals surface area contributed by atoms with E-state index in [2.05, 4.69) is 26.3 Å². The number of piperidine rings is 1. The summed E-state index contributed by atoms with van der Waals surface area (Å²) in [5.41, 5.74) is 9.26. The molecule has 0 bridgehead atoms. The Hall–Kier alpha value is -2.70. The number of ether oxygens (including phenoxy) is 2. The van der Waals surface area contributed by atoms with E-state index in [4.69, 9.17) is 15.2 Å². The van der Waals surface area contributed by atoms with Crippen LogP contribution in [0.2, 0.25) is 0 Å². The highest BCUT2D eigenvalue weighted by molar-refractivity contribution is 7.88. The summed E-state index contributed by atoms with van der Waals surface area (Å²) >= 11 is 0. The van der Waals surface area contributed by atoms with Crippen LogP contribution in [-0.4, -0.2) is 76.2 Å². The lowest BCUT2D eigenvalue weighted by atomic mass is 9.92. The Balaban J connectivity index is 1.58. The number of nitrogens with two attached hydrogens (primary N) is 1. The van der Waals surface area contributed by atoms with Crippen LogP contribution < -0.4 is 10.5 Å². The number of pyridine rings is 1. The molecule has 11 nitrogen and oxygen atoms in total. The van der Waals surface area contributed by atoms with Gasteiger partial charge in [-0.15, -0.1) is 5.10 Å². The highest BCUT2D eigenvalue weighted by atomic mass is 32.2. The zero-order valence-electron chi connectivity index (χ0n) is 17.9. The third-order valence-electron chi connectivity index (χ3n) is 6.21. The Bertz CT molecular complexity index is 1190. The summed E-state index contributed by atoms with van der Waals surface area (Å²) in [6, 6.07) is 2.06. The van der Waals surface area contributed by atoms with Crippen molar-refractivity contribution in [3.63, 3.8) is 0 Å². The summed E-state index contributed by atoms with van der Waals surface area (Å²) in [6.45, 7) is 2.26. The second-order valence-electron chi connectivity index (χ2n) is 8.37. The Morgan fingerprint density at radius 3 is 2.62 bits per heavy atom. The molecule has 5 heterocycles. The Kier molecular flexibility index (Phi) is 5.51. The SMILES string of the molecule is CS(=O)(=O)N1CCC(c2cc(-c3cn[nH]c3)c(OC3CCOCC3)c3nc(N)nn23)CC1. The second-order valence-corrected chi connectivity index (χ2v) is 10.4. The van der Waals surface area contributed by atoms with Gasteiger partial charge in [-0.2, -0.15) is 10.1 Å². The minimum atomic E-state index is -3.20. The molecule has 0 spiro atoms. The molecule has 0 amide bonds. The molecule has 3 aromatic rings. The van der Waals surface area contributed by atoms with E-state index in [9.17, 15) is 8.42 Å². The lowest BCUT2D eigenvalue weighted by Gasteiger charge is -2.31. The molecule has 2 saturated heterocycles. The molecule has 3 aromatic heterocycles. The normalized spacial score (nSPS) is 19.5. The molecule has 172 valence electrons. The van der Waals surface area contributed by atoms with E-state index in [0.29, 0.717) is 50.5 Å². The van der Waals surface area contributed by atoms with Crippen molar-refractivity contribution in [3.05, 3.63) is 24.2 Å². The first-order valence-corrected chi connectivity index (χ1v) is 12.6. The summed E-state index contributed by atoms with van der Waals surface area (Å²) in [5.74, 6) is 0.903. The van der Waals surface area contributed by atoms with Gasteiger partial charge in [0.1, 0.15) is 6.10 Å². The van der Waals surface area contributed by atoms with Gasteiger partial charge in [0.05, 0.1) is 25.7 Å². The van der Waals surface area contributed by atoms with Crippen molar-refractivity contribution in [2.24, 2.45) is 0 Å². The molecular formula is C20H27N7O4S. The van der Waals surface area contributed by atoms with Gasteiger partial charge in [-0.25, -0.2) is 17.2 Å². The Morgan fingerprint density at radius 1 is 1.22 bits per heavy atom. The number of aromatic amines is 1. The van der Waals surface area contributed by atoms with Gasteiger partial charge in [0.25, 0.3) is 0 Å². The van der Waals surface area contributed by atoms with Crippen molar-refractivity contribution in [3.8, 4) is 16.9 Å². The number of rotatable bonds is 5. The van der Waals surface area contributed by atoms with Gasteiger partial charge < -0.3 is 15.2 Å². The van der Waals surface area contributed by atoms with E-state index < -0.39 is 10.0 Å². The van der Waals surface area contributed by atoms with E-state index >= 15 is 0 Å². The fraction of sp³-hybridized carbons (Fsp3) is 0.550. The van der Waals surface area contributed by atoms with Crippen LogP contribution in [0.4, 0.5) is 5.95 Å². The fourth-order valence-electron chi connectivity index (χ4n) is 4.51. The number of sulfonamides is 1. The summed E-state index contributed by atoms with van der Waals surface area (Å²) in [4.78, 5) is 4.50. The van der Waals surface area contributed by atoms with Crippen molar-refractivity contribution in [2.45, 2.75) is 37.7 Å². The molecule has 12 heteroatoms. The standard InChI is InChI=1S/C20H27N7O4S/c1-32(28,29)26-6-2-13(3-7-26)17-10-16(14-11-22-23-12-14)18(19-24-20(21)25-27(17)19)31-15-4-8-30-9-5-15/h10-13,15H,2-9H2,1H3,(H2,21,25)(H,22,23). The molecular weight excluding hydrogens is 434 g/mol. The molecule has 5 rings (SSSR count). The number of aromatic nitrogens is 5. The minimum absolute atomic E-state index is 0.0139. The highest BCUT2D eigenvalue weighted by Gasteiger charge is 2.30. The van der Waals surface area contributed by atoms with Gasteiger partial charge in [0.2, 0.25) is 21.6 Å². The molecule has 0 saturated carbocycles. The van der Waals surface area contributed by atoms with E-state index in [1.807, 2.05) is 6.20 Å². The summed E-state index contributed by atoms with van der Waals surface area (Å²) in [7, 11) is -3.20. The van der Waals surface area contributed by atoms with Gasteiger partial charge in [0.15, 0.2) is 5.75 Å². The molecule has 0 unspecified atom stereocenters. The van der Waals surface area contributed by atoms with Crippen molar-refractivity contribution in [1.29, 1.82) is 0 Å². The van der Waals surface area contributed by atoms with Crippen LogP contribution in [-0.2, 0) is 14.8 Å². The van der Waals surface area contributed by atoms with Crippen LogP contribution in [0.1, 0.15) is 37.3 Å². The first-order valence-electron chi connectivity index (χ1n) is 10.8. The number of nitrogen functional groups attached to an aromatic ring is 1. The molecule has 2 fully saturated rings. The molecule has 3 N–H and O–H groups in total. The number of hydrogen-bond acceptors (Lipinski definition) is 8. The summed E-state index contributed by atoms with van der Waals surface area (Å²) in [6.07, 6.45) is 7.80. The second kappa shape index (κ2) is 8.34. The number of anilines is 1. The first-order chi connectivity index (χ1) is 15.4. The van der Waals surface area contributed by atoms with Crippen LogP contribution >= 0.6 is 0 Å². The molecule has 0 radical (unpaired) electrons. The molecule has 32 heavy (non-hydrogen) atoms. The van der Waals surface area contributed by atoms with E-state index in [0.717, 1.165) is 29.7 Å². The minimum Gasteiger partial charge on any atom is -0.486 e. The maximum absolute atomic E-state index is 11.9. The number of nitrogens with one attached hydrogen (secondary N) is 1. The van der Waals surface area contributed by atoms with Crippen LogP contribution in [0.15, 0.2) is 18.5 Å². The molecule has 2 aliphatic rings. The maximum Gasteiger partial charge on any atom is 0.240 e. The van der Waals surface area contributed by atoms with Gasteiger partial charge in [-0.3, -0.25) is 5.10 Å². The van der Waals surface area contributed by atoms with Crippen LogP contribution in [0.25, 0.3) is 16.8 Å². The molecule has 2 aliphatic heterocycles. The van der Waals surface area contributed by atoms with Gasteiger partial charge >= 0.3 is 0 Å². The average molecular weight is 462 g/mol. The van der Waals surface area contributed by atoms with E-state index in [1.165, 1.54) is 10.6 Å². The van der Waals surface area contributed by atoms with Crippen molar-refractivity contribution >= 4 is 21.6 Å².